The number of benzene rings is 2. The van der Waals surface area contributed by atoms with Crippen LogP contribution in [0.4, 0.5) is 0 Å². The lowest BCUT2D eigenvalue weighted by atomic mass is 10.1. The molecule has 0 unspecified atom stereocenters. The Bertz CT molecular complexity index is 792. The number of carboxylic acids is 1. The SMILES string of the molecule is O=C(O)c1ccc2ccn(Cc3cccc(Cl)c3)c2c1. The van der Waals surface area contributed by atoms with Crippen LogP contribution in [0.25, 0.3) is 10.9 Å². The maximum absolute atomic E-state index is 11.1. The van der Waals surface area contributed by atoms with E-state index in [1.165, 1.54) is 0 Å². The molecule has 1 heterocycles. The van der Waals surface area contributed by atoms with Crippen LogP contribution in [0.2, 0.25) is 5.02 Å². The summed E-state index contributed by atoms with van der Waals surface area (Å²) in [7, 11) is 0. The summed E-state index contributed by atoms with van der Waals surface area (Å²) in [5, 5.41) is 10.8. The van der Waals surface area contributed by atoms with E-state index in [0.29, 0.717) is 17.1 Å². The Kier molecular flexibility index (Phi) is 3.20. The van der Waals surface area contributed by atoms with Crippen LogP contribution in [0.5, 0.6) is 0 Å². The highest BCUT2D eigenvalue weighted by molar-refractivity contribution is 6.30. The first kappa shape index (κ1) is 12.8. The summed E-state index contributed by atoms with van der Waals surface area (Å²) in [5.41, 5.74) is 2.28. The van der Waals surface area contributed by atoms with Crippen LogP contribution in [-0.2, 0) is 6.54 Å². The highest BCUT2D eigenvalue weighted by Crippen LogP contribution is 2.20. The molecule has 0 fully saturated rings. The van der Waals surface area contributed by atoms with Gasteiger partial charge in [-0.05, 0) is 41.3 Å². The first-order chi connectivity index (χ1) is 9.63. The van der Waals surface area contributed by atoms with Gasteiger partial charge in [-0.3, -0.25) is 0 Å². The van der Waals surface area contributed by atoms with Crippen molar-refractivity contribution >= 4 is 28.5 Å². The van der Waals surface area contributed by atoms with Crippen molar-refractivity contribution in [2.24, 2.45) is 0 Å². The van der Waals surface area contributed by atoms with Gasteiger partial charge in [-0.2, -0.15) is 0 Å². The molecule has 3 rings (SSSR count). The van der Waals surface area contributed by atoms with Gasteiger partial charge in [0.1, 0.15) is 0 Å². The number of hydrogen-bond donors (Lipinski definition) is 1. The Balaban J connectivity index is 2.03. The number of aromatic nitrogens is 1. The van der Waals surface area contributed by atoms with E-state index in [-0.39, 0.29) is 0 Å². The van der Waals surface area contributed by atoms with Gasteiger partial charge in [0.05, 0.1) is 5.56 Å². The van der Waals surface area contributed by atoms with Gasteiger partial charge in [-0.15, -0.1) is 0 Å². The van der Waals surface area contributed by atoms with Crippen LogP contribution < -0.4 is 0 Å². The second-order valence-electron chi connectivity index (χ2n) is 4.65. The van der Waals surface area contributed by atoms with Crippen LogP contribution in [-0.4, -0.2) is 15.6 Å². The van der Waals surface area contributed by atoms with Gasteiger partial charge < -0.3 is 9.67 Å². The molecule has 20 heavy (non-hydrogen) atoms. The molecular formula is C16H12ClNO2. The highest BCUT2D eigenvalue weighted by atomic mass is 35.5. The lowest BCUT2D eigenvalue weighted by molar-refractivity contribution is 0.0697. The molecule has 0 amide bonds. The van der Waals surface area contributed by atoms with Gasteiger partial charge in [0.2, 0.25) is 0 Å². The molecule has 2 aromatic carbocycles. The summed E-state index contributed by atoms with van der Waals surface area (Å²) in [5.74, 6) is -0.914. The molecule has 1 aromatic heterocycles. The smallest absolute Gasteiger partial charge is 0.335 e. The summed E-state index contributed by atoms with van der Waals surface area (Å²) >= 11 is 5.98. The monoisotopic (exact) mass is 285 g/mol. The molecule has 0 atom stereocenters. The average Bonchev–Trinajstić information content (AvgIpc) is 2.81. The fraction of sp³-hybridized carbons (Fsp3) is 0.0625. The van der Waals surface area contributed by atoms with Crippen LogP contribution in [0.1, 0.15) is 15.9 Å². The first-order valence-electron chi connectivity index (χ1n) is 6.20. The maximum atomic E-state index is 11.1. The fourth-order valence-corrected chi connectivity index (χ4v) is 2.50. The third-order valence-electron chi connectivity index (χ3n) is 3.26. The Hall–Kier alpha value is -2.26. The van der Waals surface area contributed by atoms with E-state index in [4.69, 9.17) is 16.7 Å². The molecule has 0 bridgehead atoms. The van der Waals surface area contributed by atoms with Crippen molar-refractivity contribution < 1.29 is 9.90 Å². The number of nitrogens with zero attached hydrogens (tertiary/aromatic N) is 1. The topological polar surface area (TPSA) is 42.2 Å². The number of halogens is 1. The van der Waals surface area contributed by atoms with Crippen molar-refractivity contribution in [3.05, 3.63) is 70.9 Å². The molecule has 3 aromatic rings. The van der Waals surface area contributed by atoms with E-state index < -0.39 is 5.97 Å². The van der Waals surface area contributed by atoms with Gasteiger partial charge in [0.15, 0.2) is 0 Å². The van der Waals surface area contributed by atoms with Crippen molar-refractivity contribution in [1.29, 1.82) is 0 Å². The molecule has 0 saturated carbocycles. The van der Waals surface area contributed by atoms with Crippen molar-refractivity contribution in [2.45, 2.75) is 6.54 Å². The minimum Gasteiger partial charge on any atom is -0.478 e. The lowest BCUT2D eigenvalue weighted by Crippen LogP contribution is -2.00. The molecule has 3 nitrogen and oxygen atoms in total. The molecule has 0 saturated heterocycles. The van der Waals surface area contributed by atoms with Crippen LogP contribution >= 0.6 is 11.6 Å². The molecule has 0 aliphatic carbocycles. The number of carbonyl (C=O) groups is 1. The van der Waals surface area contributed by atoms with Crippen molar-refractivity contribution in [2.75, 3.05) is 0 Å². The summed E-state index contributed by atoms with van der Waals surface area (Å²) in [6, 6.07) is 14.8. The van der Waals surface area contributed by atoms with E-state index in [1.54, 1.807) is 12.1 Å². The first-order valence-corrected chi connectivity index (χ1v) is 6.58. The van der Waals surface area contributed by atoms with Gasteiger partial charge in [0, 0.05) is 23.3 Å². The fourth-order valence-electron chi connectivity index (χ4n) is 2.29. The number of rotatable bonds is 3. The molecule has 0 aliphatic rings. The zero-order valence-electron chi connectivity index (χ0n) is 10.6. The summed E-state index contributed by atoms with van der Waals surface area (Å²) in [6.45, 7) is 0.660. The second kappa shape index (κ2) is 5.02. The Morgan fingerprint density at radius 1 is 1.15 bits per heavy atom. The number of hydrogen-bond acceptors (Lipinski definition) is 1. The van der Waals surface area contributed by atoms with Crippen molar-refractivity contribution in [1.82, 2.24) is 4.57 Å². The molecule has 4 heteroatoms. The highest BCUT2D eigenvalue weighted by Gasteiger charge is 2.07. The average molecular weight is 286 g/mol. The summed E-state index contributed by atoms with van der Waals surface area (Å²) in [4.78, 5) is 11.1. The molecule has 0 aliphatic heterocycles. The normalized spacial score (nSPS) is 10.8. The summed E-state index contributed by atoms with van der Waals surface area (Å²) < 4.78 is 2.02. The third-order valence-corrected chi connectivity index (χ3v) is 3.50. The largest absolute Gasteiger partial charge is 0.478 e. The predicted octanol–water partition coefficient (Wildman–Crippen LogP) is 4.04. The Morgan fingerprint density at radius 2 is 2.00 bits per heavy atom. The van der Waals surface area contributed by atoms with Gasteiger partial charge in [-0.1, -0.05) is 29.8 Å². The minimum absolute atomic E-state index is 0.295. The molecule has 0 spiro atoms. The number of fused-ring (bicyclic) bond motifs is 1. The zero-order valence-corrected chi connectivity index (χ0v) is 11.3. The molecule has 0 radical (unpaired) electrons. The third kappa shape index (κ3) is 2.40. The van der Waals surface area contributed by atoms with Crippen molar-refractivity contribution in [3.63, 3.8) is 0 Å². The maximum Gasteiger partial charge on any atom is 0.335 e. The number of aromatic carboxylic acids is 1. The standard InChI is InChI=1S/C16H12ClNO2/c17-14-3-1-2-11(8-14)10-18-7-6-12-4-5-13(16(19)20)9-15(12)18/h1-9H,10H2,(H,19,20). The van der Waals surface area contributed by atoms with Crippen LogP contribution in [0.3, 0.4) is 0 Å². The van der Waals surface area contributed by atoms with E-state index in [2.05, 4.69) is 0 Å². The second-order valence-corrected chi connectivity index (χ2v) is 5.09. The van der Waals surface area contributed by atoms with Gasteiger partial charge in [0.25, 0.3) is 0 Å². The lowest BCUT2D eigenvalue weighted by Gasteiger charge is -2.07. The molecule has 100 valence electrons. The van der Waals surface area contributed by atoms with E-state index in [1.807, 2.05) is 47.2 Å². The van der Waals surface area contributed by atoms with E-state index >= 15 is 0 Å². The Labute approximate surface area is 121 Å². The molecular weight excluding hydrogens is 274 g/mol. The quantitative estimate of drug-likeness (QED) is 0.789. The minimum atomic E-state index is -0.914. The van der Waals surface area contributed by atoms with E-state index in [0.717, 1.165) is 16.5 Å². The van der Waals surface area contributed by atoms with Crippen LogP contribution in [0.15, 0.2) is 54.7 Å². The van der Waals surface area contributed by atoms with E-state index in [9.17, 15) is 4.79 Å². The summed E-state index contributed by atoms with van der Waals surface area (Å²) in [6.07, 6.45) is 1.96. The van der Waals surface area contributed by atoms with Gasteiger partial charge >= 0.3 is 5.97 Å². The Morgan fingerprint density at radius 3 is 2.75 bits per heavy atom. The molecule has 1 N–H and O–H groups in total. The zero-order chi connectivity index (χ0) is 14.1. The predicted molar refractivity (Wildman–Crippen MR) is 79.5 cm³/mol. The van der Waals surface area contributed by atoms with Gasteiger partial charge in [-0.25, -0.2) is 4.79 Å². The van der Waals surface area contributed by atoms with Crippen molar-refractivity contribution in [3.8, 4) is 0 Å². The van der Waals surface area contributed by atoms with Crippen LogP contribution in [0, 0.1) is 0 Å². The number of carboxylic acid groups (broad SMARTS) is 1.